The van der Waals surface area contributed by atoms with Gasteiger partial charge in [-0.2, -0.15) is 5.10 Å². The second-order valence-corrected chi connectivity index (χ2v) is 5.77. The highest BCUT2D eigenvalue weighted by Gasteiger charge is 2.26. The van der Waals surface area contributed by atoms with Crippen molar-refractivity contribution >= 4 is 22.5 Å². The lowest BCUT2D eigenvalue weighted by Crippen LogP contribution is -2.33. The normalized spacial score (nSPS) is 23.2. The first-order valence-electron chi connectivity index (χ1n) is 6.49. The van der Waals surface area contributed by atoms with Crippen molar-refractivity contribution in [2.24, 2.45) is 13.0 Å². The Labute approximate surface area is 112 Å². The van der Waals surface area contributed by atoms with Crippen LogP contribution in [0.3, 0.4) is 0 Å². The van der Waals surface area contributed by atoms with Crippen LogP contribution in [0, 0.1) is 5.92 Å². The molecule has 0 radical (unpaired) electrons. The van der Waals surface area contributed by atoms with E-state index < -0.39 is 0 Å². The molecule has 0 spiro atoms. The van der Waals surface area contributed by atoms with Crippen LogP contribution in [0.15, 0.2) is 24.3 Å². The molecule has 2 aromatic rings. The van der Waals surface area contributed by atoms with E-state index in [0.29, 0.717) is 5.38 Å². The second-order valence-electron chi connectivity index (χ2n) is 5.15. The van der Waals surface area contributed by atoms with E-state index in [1.807, 2.05) is 11.7 Å². The number of aryl methyl sites for hydroxylation is 1. The van der Waals surface area contributed by atoms with Gasteiger partial charge >= 0.3 is 0 Å². The smallest absolute Gasteiger partial charge is 0.0841 e. The van der Waals surface area contributed by atoms with Crippen molar-refractivity contribution in [3.05, 3.63) is 30.0 Å². The van der Waals surface area contributed by atoms with Gasteiger partial charge in [-0.15, -0.1) is 11.6 Å². The summed E-state index contributed by atoms with van der Waals surface area (Å²) in [5.74, 6) is 0.752. The molecule has 1 aliphatic carbocycles. The van der Waals surface area contributed by atoms with Crippen LogP contribution >= 0.6 is 11.6 Å². The molecule has 18 heavy (non-hydrogen) atoms. The summed E-state index contributed by atoms with van der Waals surface area (Å²) in [5, 5.41) is 9.72. The van der Waals surface area contributed by atoms with Crippen LogP contribution in [0.2, 0.25) is 0 Å². The van der Waals surface area contributed by atoms with Gasteiger partial charge in [0.05, 0.1) is 11.2 Å². The third-order valence-electron chi connectivity index (χ3n) is 3.74. The molecule has 1 fully saturated rings. The average Bonchev–Trinajstić information content (AvgIpc) is 2.65. The third-order valence-corrected chi connectivity index (χ3v) is 4.09. The van der Waals surface area contributed by atoms with E-state index in [1.165, 1.54) is 10.9 Å². The summed E-state index contributed by atoms with van der Waals surface area (Å²) < 4.78 is 1.95. The molecule has 1 saturated carbocycles. The number of aromatic nitrogens is 2. The number of hydrogen-bond donors (Lipinski definition) is 1. The zero-order chi connectivity index (χ0) is 12.5. The first kappa shape index (κ1) is 12.0. The molecule has 1 N–H and O–H groups in total. The summed E-state index contributed by atoms with van der Waals surface area (Å²) in [7, 11) is 2.00. The molecule has 4 heteroatoms. The lowest BCUT2D eigenvalue weighted by atomic mass is 9.85. The van der Waals surface area contributed by atoms with Crippen molar-refractivity contribution in [1.29, 1.82) is 0 Å². The van der Waals surface area contributed by atoms with Gasteiger partial charge in [0, 0.05) is 24.4 Å². The van der Waals surface area contributed by atoms with Gasteiger partial charge in [-0.3, -0.25) is 4.68 Å². The number of para-hydroxylation sites is 1. The highest BCUT2D eigenvalue weighted by Crippen LogP contribution is 2.31. The SMILES string of the molecule is Cn1nc(CNCC2CC(Cl)C2)c2ccccc21. The number of rotatable bonds is 4. The molecular weight excluding hydrogens is 246 g/mol. The monoisotopic (exact) mass is 263 g/mol. The van der Waals surface area contributed by atoms with E-state index in [0.717, 1.165) is 37.5 Å². The van der Waals surface area contributed by atoms with Crippen LogP contribution in [0.4, 0.5) is 0 Å². The maximum Gasteiger partial charge on any atom is 0.0841 e. The van der Waals surface area contributed by atoms with Gasteiger partial charge in [-0.25, -0.2) is 0 Å². The zero-order valence-corrected chi connectivity index (χ0v) is 11.3. The summed E-state index contributed by atoms with van der Waals surface area (Å²) in [6, 6.07) is 8.36. The fourth-order valence-electron chi connectivity index (χ4n) is 2.63. The fraction of sp³-hybridized carbons (Fsp3) is 0.500. The minimum atomic E-state index is 0.410. The standard InChI is InChI=1S/C14H18ClN3/c1-18-14-5-3-2-4-12(14)13(17-18)9-16-8-10-6-11(15)7-10/h2-5,10-11,16H,6-9H2,1H3. The topological polar surface area (TPSA) is 29.9 Å². The first-order chi connectivity index (χ1) is 8.74. The molecule has 3 nitrogen and oxygen atoms in total. The Hall–Kier alpha value is -1.06. The molecule has 0 bridgehead atoms. The van der Waals surface area contributed by atoms with Crippen LogP contribution in [-0.4, -0.2) is 21.7 Å². The van der Waals surface area contributed by atoms with E-state index in [-0.39, 0.29) is 0 Å². The Morgan fingerprint density at radius 2 is 2.17 bits per heavy atom. The fourth-order valence-corrected chi connectivity index (χ4v) is 3.14. The Morgan fingerprint density at radius 3 is 2.94 bits per heavy atom. The van der Waals surface area contributed by atoms with Gasteiger partial charge in [0.15, 0.2) is 0 Å². The highest BCUT2D eigenvalue weighted by molar-refractivity contribution is 6.21. The maximum absolute atomic E-state index is 5.98. The van der Waals surface area contributed by atoms with Gasteiger partial charge in [0.25, 0.3) is 0 Å². The van der Waals surface area contributed by atoms with Crippen molar-refractivity contribution < 1.29 is 0 Å². The van der Waals surface area contributed by atoms with Crippen LogP contribution in [0.25, 0.3) is 10.9 Å². The summed E-state index contributed by atoms with van der Waals surface area (Å²) in [5.41, 5.74) is 2.33. The number of alkyl halides is 1. The number of benzene rings is 1. The minimum Gasteiger partial charge on any atom is -0.311 e. The van der Waals surface area contributed by atoms with Crippen LogP contribution in [-0.2, 0) is 13.6 Å². The first-order valence-corrected chi connectivity index (χ1v) is 6.93. The van der Waals surface area contributed by atoms with Crippen molar-refractivity contribution in [1.82, 2.24) is 15.1 Å². The Bertz CT molecular complexity index is 543. The van der Waals surface area contributed by atoms with Crippen molar-refractivity contribution in [2.45, 2.75) is 24.8 Å². The number of halogens is 1. The van der Waals surface area contributed by atoms with Crippen LogP contribution in [0.1, 0.15) is 18.5 Å². The largest absolute Gasteiger partial charge is 0.311 e. The van der Waals surface area contributed by atoms with E-state index in [1.54, 1.807) is 0 Å². The summed E-state index contributed by atoms with van der Waals surface area (Å²) in [6.45, 7) is 1.89. The van der Waals surface area contributed by atoms with Crippen LogP contribution in [0.5, 0.6) is 0 Å². The molecule has 3 rings (SSSR count). The van der Waals surface area contributed by atoms with Gasteiger partial charge in [0.2, 0.25) is 0 Å². The number of hydrogen-bond acceptors (Lipinski definition) is 2. The third kappa shape index (κ3) is 2.25. The lowest BCUT2D eigenvalue weighted by Gasteiger charge is -2.30. The van der Waals surface area contributed by atoms with Gasteiger partial charge in [0.1, 0.15) is 0 Å². The van der Waals surface area contributed by atoms with Gasteiger partial charge in [-0.1, -0.05) is 18.2 Å². The number of fused-ring (bicyclic) bond motifs is 1. The van der Waals surface area contributed by atoms with Crippen molar-refractivity contribution in [3.63, 3.8) is 0 Å². The molecule has 1 aliphatic rings. The summed E-state index contributed by atoms with van der Waals surface area (Å²) >= 11 is 5.98. The Kier molecular flexibility index (Phi) is 3.27. The van der Waals surface area contributed by atoms with E-state index in [2.05, 4.69) is 34.7 Å². The molecule has 0 aliphatic heterocycles. The van der Waals surface area contributed by atoms with Gasteiger partial charge in [-0.05, 0) is 31.4 Å². The number of nitrogens with zero attached hydrogens (tertiary/aromatic N) is 2. The molecule has 0 saturated heterocycles. The van der Waals surface area contributed by atoms with E-state index in [9.17, 15) is 0 Å². The molecule has 1 aromatic heterocycles. The lowest BCUT2D eigenvalue weighted by molar-refractivity contribution is 0.308. The minimum absolute atomic E-state index is 0.410. The maximum atomic E-state index is 5.98. The second kappa shape index (κ2) is 4.90. The predicted molar refractivity (Wildman–Crippen MR) is 74.8 cm³/mol. The molecule has 0 atom stereocenters. The van der Waals surface area contributed by atoms with Crippen molar-refractivity contribution in [2.75, 3.05) is 6.54 Å². The Morgan fingerprint density at radius 1 is 1.39 bits per heavy atom. The molecule has 0 unspecified atom stereocenters. The van der Waals surface area contributed by atoms with E-state index in [4.69, 9.17) is 11.6 Å². The molecule has 1 heterocycles. The molecule has 96 valence electrons. The quantitative estimate of drug-likeness (QED) is 0.860. The molecular formula is C14H18ClN3. The summed E-state index contributed by atoms with van der Waals surface area (Å²) in [6.07, 6.45) is 2.30. The molecule has 1 aromatic carbocycles. The molecule has 0 amide bonds. The van der Waals surface area contributed by atoms with Gasteiger partial charge < -0.3 is 5.32 Å². The number of nitrogens with one attached hydrogen (secondary N) is 1. The average molecular weight is 264 g/mol. The predicted octanol–water partition coefficient (Wildman–Crippen LogP) is 2.68. The summed E-state index contributed by atoms with van der Waals surface area (Å²) in [4.78, 5) is 0. The van der Waals surface area contributed by atoms with Crippen molar-refractivity contribution in [3.8, 4) is 0 Å². The van der Waals surface area contributed by atoms with E-state index >= 15 is 0 Å². The van der Waals surface area contributed by atoms with Crippen LogP contribution < -0.4 is 5.32 Å². The zero-order valence-electron chi connectivity index (χ0n) is 10.6. The highest BCUT2D eigenvalue weighted by atomic mass is 35.5. The Balaban J connectivity index is 1.64.